The molecule has 0 fully saturated rings. The Labute approximate surface area is 130 Å². The highest BCUT2D eigenvalue weighted by Gasteiger charge is 2.18. The number of carbonyl (C=O) groups excluding carboxylic acids is 1. The van der Waals surface area contributed by atoms with Gasteiger partial charge in [-0.05, 0) is 24.6 Å². The van der Waals surface area contributed by atoms with Gasteiger partial charge in [0.15, 0.2) is 6.20 Å². The zero-order valence-electron chi connectivity index (χ0n) is 12.6. The largest absolute Gasteiger partial charge is 0.287 e. The smallest absolute Gasteiger partial charge is 0.227 e. The average molecular weight is 288 g/mol. The van der Waals surface area contributed by atoms with Crippen LogP contribution in [0.5, 0.6) is 0 Å². The van der Waals surface area contributed by atoms with E-state index in [1.807, 2.05) is 65.4 Å². The van der Waals surface area contributed by atoms with Crippen LogP contribution in [0.3, 0.4) is 0 Å². The molecule has 2 nitrogen and oxygen atoms in total. The number of hydrogen-bond donors (Lipinski definition) is 0. The molecule has 0 saturated carbocycles. The molecule has 0 aliphatic carbocycles. The highest BCUT2D eigenvalue weighted by atomic mass is 16.1. The summed E-state index contributed by atoms with van der Waals surface area (Å²) in [4.78, 5) is 12.5. The second-order valence-corrected chi connectivity index (χ2v) is 5.32. The highest BCUT2D eigenvalue weighted by Crippen LogP contribution is 2.19. The first-order valence-electron chi connectivity index (χ1n) is 7.38. The van der Waals surface area contributed by atoms with Crippen molar-refractivity contribution in [2.45, 2.75) is 13.5 Å². The molecule has 0 spiro atoms. The van der Waals surface area contributed by atoms with E-state index in [-0.39, 0.29) is 5.78 Å². The fourth-order valence-corrected chi connectivity index (χ4v) is 2.59. The molecule has 0 aliphatic heterocycles. The molecule has 0 radical (unpaired) electrons. The Kier molecular flexibility index (Phi) is 4.10. The van der Waals surface area contributed by atoms with Crippen LogP contribution in [0.4, 0.5) is 0 Å². The number of hydrogen-bond acceptors (Lipinski definition) is 1. The number of nitrogens with zero attached hydrogens (tertiary/aromatic N) is 1. The van der Waals surface area contributed by atoms with Crippen LogP contribution in [0.2, 0.25) is 0 Å². The third-order valence-corrected chi connectivity index (χ3v) is 3.77. The normalized spacial score (nSPS) is 10.4. The number of pyridine rings is 1. The Morgan fingerprint density at radius 2 is 1.55 bits per heavy atom. The summed E-state index contributed by atoms with van der Waals surface area (Å²) in [5.41, 5.74) is 4.16. The molecule has 2 aromatic carbocycles. The minimum absolute atomic E-state index is 0.117. The lowest BCUT2D eigenvalue weighted by Crippen LogP contribution is -2.39. The minimum atomic E-state index is 0.117. The predicted octanol–water partition coefficient (Wildman–Crippen LogP) is 3.83. The molecule has 1 aromatic heterocycles. The van der Waals surface area contributed by atoms with E-state index in [0.29, 0.717) is 6.54 Å². The molecule has 2 heteroatoms. The Morgan fingerprint density at radius 3 is 2.32 bits per heavy atom. The van der Waals surface area contributed by atoms with Gasteiger partial charge in [-0.15, -0.1) is 0 Å². The molecule has 0 bridgehead atoms. The summed E-state index contributed by atoms with van der Waals surface area (Å²) in [7, 11) is 0. The third kappa shape index (κ3) is 2.96. The van der Waals surface area contributed by atoms with E-state index in [9.17, 15) is 4.79 Å². The maximum Gasteiger partial charge on any atom is 0.227 e. The zero-order chi connectivity index (χ0) is 15.4. The first-order valence-corrected chi connectivity index (χ1v) is 7.38. The Morgan fingerprint density at radius 1 is 0.864 bits per heavy atom. The summed E-state index contributed by atoms with van der Waals surface area (Å²) in [6.45, 7) is 2.43. The van der Waals surface area contributed by atoms with Crippen molar-refractivity contribution in [1.82, 2.24) is 0 Å². The van der Waals surface area contributed by atoms with Crippen molar-refractivity contribution in [2.75, 3.05) is 0 Å². The number of Topliss-reactive ketones (excluding diaryl/α,β-unsaturated/α-hetero) is 1. The minimum Gasteiger partial charge on any atom is -0.287 e. The van der Waals surface area contributed by atoms with Crippen molar-refractivity contribution in [1.29, 1.82) is 0 Å². The van der Waals surface area contributed by atoms with Gasteiger partial charge in [0, 0.05) is 23.3 Å². The second-order valence-electron chi connectivity index (χ2n) is 5.32. The molecule has 0 amide bonds. The Balaban J connectivity index is 1.96. The topological polar surface area (TPSA) is 20.9 Å². The van der Waals surface area contributed by atoms with E-state index in [4.69, 9.17) is 0 Å². The SMILES string of the molecule is Cc1ccccc1-c1cccc[n+]1CC(=O)c1ccccc1. The molecular weight excluding hydrogens is 270 g/mol. The summed E-state index contributed by atoms with van der Waals surface area (Å²) in [5.74, 6) is 0.117. The van der Waals surface area contributed by atoms with Gasteiger partial charge in [-0.2, -0.15) is 4.57 Å². The number of carbonyl (C=O) groups is 1. The molecule has 1 heterocycles. The number of aryl methyl sites for hydroxylation is 1. The lowest BCUT2D eigenvalue weighted by molar-refractivity contribution is -0.672. The van der Waals surface area contributed by atoms with Crippen molar-refractivity contribution >= 4 is 5.78 Å². The van der Waals surface area contributed by atoms with Gasteiger partial charge in [0.05, 0.1) is 0 Å². The second kappa shape index (κ2) is 6.35. The van der Waals surface area contributed by atoms with Crippen molar-refractivity contribution in [3.05, 3.63) is 90.1 Å². The van der Waals surface area contributed by atoms with Gasteiger partial charge in [0.1, 0.15) is 0 Å². The van der Waals surface area contributed by atoms with Crippen molar-refractivity contribution in [3.8, 4) is 11.3 Å². The molecule has 0 N–H and O–H groups in total. The van der Waals surface area contributed by atoms with Gasteiger partial charge in [-0.3, -0.25) is 4.79 Å². The predicted molar refractivity (Wildman–Crippen MR) is 87.6 cm³/mol. The molecule has 3 rings (SSSR count). The number of aromatic nitrogens is 1. The van der Waals surface area contributed by atoms with E-state index in [2.05, 4.69) is 25.1 Å². The van der Waals surface area contributed by atoms with E-state index < -0.39 is 0 Å². The lowest BCUT2D eigenvalue weighted by Gasteiger charge is -2.06. The molecular formula is C20H18NO+. The van der Waals surface area contributed by atoms with Crippen LogP contribution >= 0.6 is 0 Å². The molecule has 3 aromatic rings. The monoisotopic (exact) mass is 288 g/mol. The number of benzene rings is 2. The van der Waals surface area contributed by atoms with Crippen molar-refractivity contribution in [2.24, 2.45) is 0 Å². The standard InChI is InChI=1S/C20H18NO/c1-16-9-5-6-12-18(16)19-13-7-8-14-21(19)15-20(22)17-10-3-2-4-11-17/h2-14H,15H2,1H3/q+1. The third-order valence-electron chi connectivity index (χ3n) is 3.77. The highest BCUT2D eigenvalue weighted by molar-refractivity contribution is 5.95. The fraction of sp³-hybridized carbons (Fsp3) is 0.100. The first-order chi connectivity index (χ1) is 10.8. The van der Waals surface area contributed by atoms with Crippen molar-refractivity contribution in [3.63, 3.8) is 0 Å². The molecule has 0 atom stereocenters. The molecule has 22 heavy (non-hydrogen) atoms. The van der Waals surface area contributed by atoms with Crippen molar-refractivity contribution < 1.29 is 9.36 Å². The van der Waals surface area contributed by atoms with Crippen LogP contribution in [-0.4, -0.2) is 5.78 Å². The number of ketones is 1. The summed E-state index contributed by atoms with van der Waals surface area (Å²) in [5, 5.41) is 0. The van der Waals surface area contributed by atoms with Gasteiger partial charge in [-0.25, -0.2) is 0 Å². The average Bonchev–Trinajstić information content (AvgIpc) is 2.57. The summed E-state index contributed by atoms with van der Waals surface area (Å²) in [6, 6.07) is 23.7. The summed E-state index contributed by atoms with van der Waals surface area (Å²) in [6.07, 6.45) is 1.96. The van der Waals surface area contributed by atoms with Crippen LogP contribution < -0.4 is 4.57 Å². The van der Waals surface area contributed by atoms with E-state index >= 15 is 0 Å². The zero-order valence-corrected chi connectivity index (χ0v) is 12.6. The molecule has 108 valence electrons. The van der Waals surface area contributed by atoms with E-state index in [1.54, 1.807) is 0 Å². The maximum absolute atomic E-state index is 12.5. The Bertz CT molecular complexity index is 794. The van der Waals surface area contributed by atoms with Gasteiger partial charge in [0.25, 0.3) is 0 Å². The van der Waals surface area contributed by atoms with Crippen LogP contribution in [-0.2, 0) is 6.54 Å². The van der Waals surface area contributed by atoms with Gasteiger partial charge >= 0.3 is 0 Å². The molecule has 0 saturated heterocycles. The van der Waals surface area contributed by atoms with Crippen LogP contribution in [0.25, 0.3) is 11.3 Å². The van der Waals surface area contributed by atoms with Crippen LogP contribution in [0.1, 0.15) is 15.9 Å². The fourth-order valence-electron chi connectivity index (χ4n) is 2.59. The van der Waals surface area contributed by atoms with E-state index in [1.165, 1.54) is 5.56 Å². The van der Waals surface area contributed by atoms with Gasteiger partial charge in [0.2, 0.25) is 18.0 Å². The molecule has 0 unspecified atom stereocenters. The molecule has 0 aliphatic rings. The van der Waals surface area contributed by atoms with Crippen LogP contribution in [0.15, 0.2) is 79.0 Å². The maximum atomic E-state index is 12.5. The van der Waals surface area contributed by atoms with Gasteiger partial charge < -0.3 is 0 Å². The van der Waals surface area contributed by atoms with E-state index in [0.717, 1.165) is 16.8 Å². The number of rotatable bonds is 4. The lowest BCUT2D eigenvalue weighted by atomic mass is 10.0. The van der Waals surface area contributed by atoms with Crippen LogP contribution in [0, 0.1) is 6.92 Å². The quantitative estimate of drug-likeness (QED) is 0.528. The Hall–Kier alpha value is -2.74. The summed E-state index contributed by atoms with van der Waals surface area (Å²) < 4.78 is 2.01. The van der Waals surface area contributed by atoms with Gasteiger partial charge in [-0.1, -0.05) is 48.5 Å². The summed E-state index contributed by atoms with van der Waals surface area (Å²) >= 11 is 0. The first kappa shape index (κ1) is 14.2.